The zero-order valence-corrected chi connectivity index (χ0v) is 11.9. The second-order valence-corrected chi connectivity index (χ2v) is 4.42. The summed E-state index contributed by atoms with van der Waals surface area (Å²) in [6.45, 7) is 3.73. The number of pyridine rings is 1. The standard InChI is InChI=1S/C16H20N2O2/c1-13-15(8-5-9-18-13)19-10-11-20-16-7-4-3-6-14(16)12-17-2/h3-9,17H,10-12H2,1-2H3. The summed E-state index contributed by atoms with van der Waals surface area (Å²) >= 11 is 0. The molecule has 20 heavy (non-hydrogen) atoms. The molecule has 0 saturated heterocycles. The molecule has 1 heterocycles. The highest BCUT2D eigenvalue weighted by Gasteiger charge is 2.03. The average molecular weight is 272 g/mol. The van der Waals surface area contributed by atoms with Crippen LogP contribution >= 0.6 is 0 Å². The van der Waals surface area contributed by atoms with Crippen molar-refractivity contribution in [2.45, 2.75) is 13.5 Å². The molecular formula is C16H20N2O2. The molecule has 106 valence electrons. The van der Waals surface area contributed by atoms with E-state index in [-0.39, 0.29) is 0 Å². The number of hydrogen-bond acceptors (Lipinski definition) is 4. The lowest BCUT2D eigenvalue weighted by Gasteiger charge is -2.12. The molecule has 0 bridgehead atoms. The minimum Gasteiger partial charge on any atom is -0.490 e. The summed E-state index contributed by atoms with van der Waals surface area (Å²) in [6, 6.07) is 11.8. The highest BCUT2D eigenvalue weighted by molar-refractivity contribution is 5.33. The van der Waals surface area contributed by atoms with Crippen molar-refractivity contribution >= 4 is 0 Å². The van der Waals surface area contributed by atoms with Gasteiger partial charge in [0, 0.05) is 18.3 Å². The zero-order chi connectivity index (χ0) is 14.2. The van der Waals surface area contributed by atoms with E-state index in [1.807, 2.05) is 44.3 Å². The summed E-state index contributed by atoms with van der Waals surface area (Å²) in [7, 11) is 1.92. The minimum atomic E-state index is 0.500. The van der Waals surface area contributed by atoms with Gasteiger partial charge in [0.1, 0.15) is 24.7 Å². The molecule has 0 aliphatic carbocycles. The van der Waals surface area contributed by atoms with Crippen LogP contribution in [0.5, 0.6) is 11.5 Å². The van der Waals surface area contributed by atoms with Gasteiger partial charge in [-0.15, -0.1) is 0 Å². The van der Waals surface area contributed by atoms with Crippen LogP contribution < -0.4 is 14.8 Å². The molecule has 0 spiro atoms. The molecule has 0 fully saturated rings. The molecule has 0 unspecified atom stereocenters. The summed E-state index contributed by atoms with van der Waals surface area (Å²) in [5.74, 6) is 1.70. The molecule has 1 aromatic heterocycles. The molecule has 0 aliphatic rings. The first-order chi connectivity index (χ1) is 9.81. The van der Waals surface area contributed by atoms with Gasteiger partial charge >= 0.3 is 0 Å². The van der Waals surface area contributed by atoms with Crippen LogP contribution in [-0.2, 0) is 6.54 Å². The number of nitrogens with one attached hydrogen (secondary N) is 1. The molecule has 0 aliphatic heterocycles. The second kappa shape index (κ2) is 7.50. The second-order valence-electron chi connectivity index (χ2n) is 4.42. The Balaban J connectivity index is 1.83. The van der Waals surface area contributed by atoms with Crippen LogP contribution in [0.25, 0.3) is 0 Å². The minimum absolute atomic E-state index is 0.500. The van der Waals surface area contributed by atoms with Crippen LogP contribution in [0.15, 0.2) is 42.6 Å². The van der Waals surface area contributed by atoms with Crippen LogP contribution in [0, 0.1) is 6.92 Å². The number of para-hydroxylation sites is 1. The molecule has 4 nitrogen and oxygen atoms in total. The lowest BCUT2D eigenvalue weighted by molar-refractivity contribution is 0.214. The molecule has 0 atom stereocenters. The predicted molar refractivity (Wildman–Crippen MR) is 79.2 cm³/mol. The van der Waals surface area contributed by atoms with Gasteiger partial charge in [0.2, 0.25) is 0 Å². The van der Waals surface area contributed by atoms with E-state index in [4.69, 9.17) is 9.47 Å². The van der Waals surface area contributed by atoms with E-state index in [0.29, 0.717) is 13.2 Å². The third-order valence-electron chi connectivity index (χ3n) is 2.90. The van der Waals surface area contributed by atoms with E-state index in [9.17, 15) is 0 Å². The summed E-state index contributed by atoms with van der Waals surface area (Å²) < 4.78 is 11.4. The van der Waals surface area contributed by atoms with Gasteiger partial charge in [-0.1, -0.05) is 18.2 Å². The topological polar surface area (TPSA) is 43.4 Å². The average Bonchev–Trinajstić information content (AvgIpc) is 2.47. The number of ether oxygens (including phenoxy) is 2. The fraction of sp³-hybridized carbons (Fsp3) is 0.312. The molecule has 2 aromatic rings. The van der Waals surface area contributed by atoms with E-state index in [1.54, 1.807) is 6.20 Å². The van der Waals surface area contributed by atoms with Crippen molar-refractivity contribution in [1.29, 1.82) is 0 Å². The van der Waals surface area contributed by atoms with Gasteiger partial charge in [0.15, 0.2) is 0 Å². The molecule has 4 heteroatoms. The third kappa shape index (κ3) is 3.96. The Hall–Kier alpha value is -2.07. The Morgan fingerprint density at radius 1 is 1.00 bits per heavy atom. The maximum Gasteiger partial charge on any atom is 0.140 e. The molecule has 0 saturated carbocycles. The first-order valence-electron chi connectivity index (χ1n) is 6.71. The highest BCUT2D eigenvalue weighted by atomic mass is 16.5. The summed E-state index contributed by atoms with van der Waals surface area (Å²) in [6.07, 6.45) is 1.76. The van der Waals surface area contributed by atoms with Crippen molar-refractivity contribution in [2.24, 2.45) is 0 Å². The smallest absolute Gasteiger partial charge is 0.140 e. The van der Waals surface area contributed by atoms with Gasteiger partial charge < -0.3 is 14.8 Å². The summed E-state index contributed by atoms with van der Waals surface area (Å²) in [4.78, 5) is 4.18. The van der Waals surface area contributed by atoms with Gasteiger partial charge in [-0.2, -0.15) is 0 Å². The van der Waals surface area contributed by atoms with Crippen molar-refractivity contribution in [3.63, 3.8) is 0 Å². The van der Waals surface area contributed by atoms with Crippen molar-refractivity contribution < 1.29 is 9.47 Å². The number of aryl methyl sites for hydroxylation is 1. The number of rotatable bonds is 7. The van der Waals surface area contributed by atoms with Gasteiger partial charge in [-0.3, -0.25) is 4.98 Å². The predicted octanol–water partition coefficient (Wildman–Crippen LogP) is 2.57. The lowest BCUT2D eigenvalue weighted by atomic mass is 10.2. The maximum absolute atomic E-state index is 5.77. The number of aromatic nitrogens is 1. The molecule has 1 N–H and O–H groups in total. The van der Waals surface area contributed by atoms with Crippen molar-refractivity contribution in [2.75, 3.05) is 20.3 Å². The fourth-order valence-corrected chi connectivity index (χ4v) is 1.91. The van der Waals surface area contributed by atoms with Crippen LogP contribution in [-0.4, -0.2) is 25.2 Å². The summed E-state index contributed by atoms with van der Waals surface area (Å²) in [5.41, 5.74) is 2.04. The van der Waals surface area contributed by atoms with E-state index >= 15 is 0 Å². The molecule has 0 radical (unpaired) electrons. The first kappa shape index (κ1) is 14.3. The number of nitrogens with zero attached hydrogens (tertiary/aromatic N) is 1. The molecule has 0 amide bonds. The van der Waals surface area contributed by atoms with E-state index in [1.165, 1.54) is 0 Å². The largest absolute Gasteiger partial charge is 0.490 e. The Bertz CT molecular complexity index is 544. The lowest BCUT2D eigenvalue weighted by Crippen LogP contribution is -2.12. The SMILES string of the molecule is CNCc1ccccc1OCCOc1cccnc1C. The van der Waals surface area contributed by atoms with Crippen molar-refractivity contribution in [1.82, 2.24) is 10.3 Å². The highest BCUT2D eigenvalue weighted by Crippen LogP contribution is 2.18. The monoisotopic (exact) mass is 272 g/mol. The summed E-state index contributed by atoms with van der Waals surface area (Å²) in [5, 5.41) is 3.13. The third-order valence-corrected chi connectivity index (χ3v) is 2.90. The Morgan fingerprint density at radius 2 is 1.70 bits per heavy atom. The van der Waals surface area contributed by atoms with E-state index in [2.05, 4.69) is 16.4 Å². The van der Waals surface area contributed by atoms with Crippen LogP contribution in [0.2, 0.25) is 0 Å². The molecular weight excluding hydrogens is 252 g/mol. The van der Waals surface area contributed by atoms with Gasteiger partial charge in [0.25, 0.3) is 0 Å². The number of hydrogen-bond donors (Lipinski definition) is 1. The fourth-order valence-electron chi connectivity index (χ4n) is 1.91. The van der Waals surface area contributed by atoms with Crippen LogP contribution in [0.4, 0.5) is 0 Å². The Labute approximate surface area is 119 Å². The number of benzene rings is 1. The van der Waals surface area contributed by atoms with Gasteiger partial charge in [-0.25, -0.2) is 0 Å². The Morgan fingerprint density at radius 3 is 2.45 bits per heavy atom. The van der Waals surface area contributed by atoms with Gasteiger partial charge in [0.05, 0.1) is 5.69 Å². The zero-order valence-electron chi connectivity index (χ0n) is 11.9. The van der Waals surface area contributed by atoms with Crippen LogP contribution in [0.3, 0.4) is 0 Å². The Kier molecular flexibility index (Phi) is 5.38. The first-order valence-corrected chi connectivity index (χ1v) is 6.71. The maximum atomic E-state index is 5.77. The van der Waals surface area contributed by atoms with Gasteiger partial charge in [-0.05, 0) is 32.2 Å². The van der Waals surface area contributed by atoms with Crippen LogP contribution in [0.1, 0.15) is 11.3 Å². The molecule has 2 rings (SSSR count). The quantitative estimate of drug-likeness (QED) is 0.787. The van der Waals surface area contributed by atoms with Crippen molar-refractivity contribution in [3.05, 3.63) is 53.9 Å². The molecule has 1 aromatic carbocycles. The van der Waals surface area contributed by atoms with E-state index < -0.39 is 0 Å². The van der Waals surface area contributed by atoms with E-state index in [0.717, 1.165) is 29.3 Å². The van der Waals surface area contributed by atoms with Crippen molar-refractivity contribution in [3.8, 4) is 11.5 Å². The normalized spacial score (nSPS) is 10.3.